The second-order valence-corrected chi connectivity index (χ2v) is 10.8. The molecule has 0 radical (unpaired) electrons. The smallest absolute Gasteiger partial charge is 0.323 e. The molecule has 0 aliphatic heterocycles. The van der Waals surface area contributed by atoms with Crippen LogP contribution in [-0.2, 0) is 20.8 Å². The molecule has 1 fully saturated rings. The lowest BCUT2D eigenvalue weighted by molar-refractivity contribution is -0.153. The van der Waals surface area contributed by atoms with Crippen molar-refractivity contribution < 1.29 is 39.6 Å². The van der Waals surface area contributed by atoms with Crippen molar-refractivity contribution in [3.05, 3.63) is 64.4 Å². The molecule has 0 spiro atoms. The van der Waals surface area contributed by atoms with Gasteiger partial charge in [0.1, 0.15) is 17.1 Å². The van der Waals surface area contributed by atoms with E-state index >= 15 is 0 Å². The number of likely N-dealkylation sites (N-methyl/N-ethyl adjacent to an activating group) is 1. The van der Waals surface area contributed by atoms with Gasteiger partial charge in [0.05, 0.1) is 17.3 Å². The first-order chi connectivity index (χ1) is 19.8. The Morgan fingerprint density at radius 3 is 2.31 bits per heavy atom. The molecule has 3 aliphatic rings. The molecule has 5 rings (SSSR count). The van der Waals surface area contributed by atoms with Gasteiger partial charge in [-0.25, -0.2) is 4.79 Å². The van der Waals surface area contributed by atoms with Gasteiger partial charge in [-0.05, 0) is 56.6 Å². The number of phenolic OH excluding ortho intramolecular Hbond substituents is 1. The van der Waals surface area contributed by atoms with Crippen molar-refractivity contribution in [1.82, 2.24) is 4.90 Å². The maximum atomic E-state index is 14.0. The quantitative estimate of drug-likeness (QED) is 0.146. The molecule has 42 heavy (non-hydrogen) atoms. The average Bonchev–Trinajstić information content (AvgIpc) is 2.92. The van der Waals surface area contributed by atoms with E-state index in [2.05, 4.69) is 16.0 Å². The first-order valence-electron chi connectivity index (χ1n) is 13.2. The van der Waals surface area contributed by atoms with Crippen LogP contribution in [0.5, 0.6) is 5.75 Å². The van der Waals surface area contributed by atoms with Gasteiger partial charge < -0.3 is 42.1 Å². The number of rotatable bonds is 5. The Bertz CT molecular complexity index is 1600. The van der Waals surface area contributed by atoms with Gasteiger partial charge in [-0.15, -0.1) is 0 Å². The highest BCUT2D eigenvalue weighted by atomic mass is 16.3. The third-order valence-electron chi connectivity index (χ3n) is 8.27. The number of carbonyl (C=O) groups is 4. The summed E-state index contributed by atoms with van der Waals surface area (Å²) in [5.74, 6) is -7.49. The number of ketones is 2. The van der Waals surface area contributed by atoms with E-state index in [4.69, 9.17) is 5.73 Å². The summed E-state index contributed by atoms with van der Waals surface area (Å²) >= 11 is 0. The Hall–Kier alpha value is -4.88. The number of aliphatic hydroxyl groups excluding tert-OH is 2. The van der Waals surface area contributed by atoms with Gasteiger partial charge in [-0.1, -0.05) is 18.2 Å². The normalized spacial score (nSPS) is 25.0. The number of Topliss-reactive ketones (excluding diaryl/α,β-unsaturated/α-hetero) is 2. The number of primary amides is 1. The zero-order valence-electron chi connectivity index (χ0n) is 23.1. The van der Waals surface area contributed by atoms with Crippen LogP contribution < -0.4 is 21.7 Å². The van der Waals surface area contributed by atoms with Gasteiger partial charge in [-0.3, -0.25) is 19.3 Å². The lowest BCUT2D eigenvalue weighted by atomic mass is 9.57. The van der Waals surface area contributed by atoms with Crippen LogP contribution in [0.4, 0.5) is 21.9 Å². The number of nitrogens with zero attached hydrogens (tertiary/aromatic N) is 1. The van der Waals surface area contributed by atoms with E-state index in [1.165, 1.54) is 25.1 Å². The van der Waals surface area contributed by atoms with Crippen molar-refractivity contribution in [3.63, 3.8) is 0 Å². The van der Waals surface area contributed by atoms with Gasteiger partial charge in [0.2, 0.25) is 5.78 Å². The molecule has 0 bridgehead atoms. The standard InChI is InChI=1S/C29H31N5O8/c1-31-16-11-17(33-28(41)32-13-7-5-4-6-8-13)22(35)19-14(16)9-12-10-15-21(34(2)3)24(37)20(27(30)40)26(39)29(15,42)25(38)18(12)23(19)36/h4-8,11-12,15,21,31,35-36,39,42H,9-10H2,1-3H3,(H2,30,40)(H2,32,33,41)/t12-,15-,21-,29-/m0/s1. The maximum Gasteiger partial charge on any atom is 0.323 e. The van der Waals surface area contributed by atoms with Crippen LogP contribution in [0.1, 0.15) is 17.5 Å². The molecule has 220 valence electrons. The third kappa shape index (κ3) is 4.16. The molecule has 4 atom stereocenters. The van der Waals surface area contributed by atoms with E-state index in [0.29, 0.717) is 16.9 Å². The summed E-state index contributed by atoms with van der Waals surface area (Å²) in [6.45, 7) is 0. The molecule has 0 aromatic heterocycles. The average molecular weight is 578 g/mol. The molecule has 0 unspecified atom stereocenters. The summed E-state index contributed by atoms with van der Waals surface area (Å²) in [6, 6.07) is 8.21. The van der Waals surface area contributed by atoms with Gasteiger partial charge in [0.25, 0.3) is 5.91 Å². The van der Waals surface area contributed by atoms with Crippen LogP contribution in [-0.4, -0.2) is 81.6 Å². The Morgan fingerprint density at radius 1 is 1.05 bits per heavy atom. The number of aromatic hydroxyl groups is 1. The summed E-state index contributed by atoms with van der Waals surface area (Å²) in [5.41, 5.74) is 2.61. The fraction of sp³-hybridized carbons (Fsp3) is 0.310. The predicted octanol–water partition coefficient (Wildman–Crippen LogP) is 1.65. The summed E-state index contributed by atoms with van der Waals surface area (Å²) in [4.78, 5) is 53.5. The molecular weight excluding hydrogens is 546 g/mol. The molecule has 9 N–H and O–H groups in total. The maximum absolute atomic E-state index is 14.0. The Morgan fingerprint density at radius 2 is 1.71 bits per heavy atom. The fourth-order valence-corrected chi connectivity index (χ4v) is 6.44. The third-order valence-corrected chi connectivity index (χ3v) is 8.27. The molecule has 2 aromatic carbocycles. The molecule has 13 nitrogen and oxygen atoms in total. The Kier molecular flexibility index (Phi) is 6.95. The van der Waals surface area contributed by atoms with Crippen molar-refractivity contribution in [2.24, 2.45) is 17.6 Å². The number of nitrogens with two attached hydrogens (primary N) is 1. The summed E-state index contributed by atoms with van der Waals surface area (Å²) in [6.07, 6.45) is 0.0733. The van der Waals surface area contributed by atoms with Crippen LogP contribution in [0, 0.1) is 11.8 Å². The molecule has 2 aromatic rings. The minimum Gasteiger partial charge on any atom is -0.508 e. The van der Waals surface area contributed by atoms with Crippen molar-refractivity contribution >= 4 is 46.3 Å². The predicted molar refractivity (Wildman–Crippen MR) is 153 cm³/mol. The number of carbonyl (C=O) groups excluding carboxylic acids is 4. The number of hydrogen-bond acceptors (Lipinski definition) is 10. The van der Waals surface area contributed by atoms with Crippen LogP contribution in [0.2, 0.25) is 0 Å². The van der Waals surface area contributed by atoms with E-state index in [1.807, 2.05) is 0 Å². The number of nitrogens with one attached hydrogen (secondary N) is 3. The first kappa shape index (κ1) is 28.6. The van der Waals surface area contributed by atoms with E-state index in [9.17, 15) is 39.6 Å². The summed E-state index contributed by atoms with van der Waals surface area (Å²) < 4.78 is 0. The SMILES string of the molecule is CNc1cc(NC(=O)Nc2ccccc2)c(O)c2c1C[C@H]1C[C@H]3[C@H](N(C)C)C(=O)C(C(N)=O)=C(O)[C@@]3(O)C(=O)C1=C2O. The fourth-order valence-electron chi connectivity index (χ4n) is 6.44. The van der Waals surface area contributed by atoms with Crippen molar-refractivity contribution in [3.8, 4) is 5.75 Å². The number of amides is 3. The summed E-state index contributed by atoms with van der Waals surface area (Å²) in [7, 11) is 4.68. The molecule has 0 heterocycles. The van der Waals surface area contributed by atoms with Crippen LogP contribution >= 0.6 is 0 Å². The summed E-state index contributed by atoms with van der Waals surface area (Å²) in [5, 5.41) is 53.5. The highest BCUT2D eigenvalue weighted by molar-refractivity contribution is 6.24. The molecular formula is C29H31N5O8. The van der Waals surface area contributed by atoms with Crippen LogP contribution in [0.3, 0.4) is 0 Å². The van der Waals surface area contributed by atoms with Crippen molar-refractivity contribution in [2.45, 2.75) is 24.5 Å². The minimum absolute atomic E-state index is 0.0326. The molecule has 0 saturated heterocycles. The van der Waals surface area contributed by atoms with Gasteiger partial charge in [0.15, 0.2) is 17.1 Å². The van der Waals surface area contributed by atoms with E-state index < -0.39 is 69.8 Å². The lowest BCUT2D eigenvalue weighted by Crippen LogP contribution is -2.65. The van der Waals surface area contributed by atoms with Gasteiger partial charge in [-0.2, -0.15) is 0 Å². The molecule has 3 amide bonds. The number of para-hydroxylation sites is 1. The van der Waals surface area contributed by atoms with Gasteiger partial charge in [0, 0.05) is 29.9 Å². The van der Waals surface area contributed by atoms with E-state index in [0.717, 1.165) is 0 Å². The highest BCUT2D eigenvalue weighted by Gasteiger charge is 2.64. The largest absolute Gasteiger partial charge is 0.508 e. The van der Waals surface area contributed by atoms with Crippen molar-refractivity contribution in [1.29, 1.82) is 0 Å². The number of fused-ring (bicyclic) bond motifs is 3. The van der Waals surface area contributed by atoms with Crippen LogP contribution in [0.15, 0.2) is 53.3 Å². The number of anilines is 3. The number of phenols is 1. The topological polar surface area (TPSA) is 215 Å². The number of benzene rings is 2. The van der Waals surface area contributed by atoms with Crippen molar-refractivity contribution in [2.75, 3.05) is 37.1 Å². The highest BCUT2D eigenvalue weighted by Crippen LogP contribution is 2.54. The second kappa shape index (κ2) is 10.2. The number of aliphatic hydroxyl groups is 3. The molecule has 1 saturated carbocycles. The zero-order chi connectivity index (χ0) is 30.7. The monoisotopic (exact) mass is 577 g/mol. The minimum atomic E-state index is -2.74. The van der Waals surface area contributed by atoms with Crippen LogP contribution in [0.25, 0.3) is 5.76 Å². The molecule has 3 aliphatic carbocycles. The second-order valence-electron chi connectivity index (χ2n) is 10.8. The van der Waals surface area contributed by atoms with Gasteiger partial charge >= 0.3 is 6.03 Å². The zero-order valence-corrected chi connectivity index (χ0v) is 23.1. The lowest BCUT2D eigenvalue weighted by Gasteiger charge is -2.50. The van der Waals surface area contributed by atoms with E-state index in [-0.39, 0.29) is 29.7 Å². The number of urea groups is 1. The van der Waals surface area contributed by atoms with E-state index in [1.54, 1.807) is 37.4 Å². The molecule has 13 heteroatoms. The Balaban J connectivity index is 1.62. The Labute approximate surface area is 240 Å². The first-order valence-corrected chi connectivity index (χ1v) is 13.2. The number of hydrogen-bond donors (Lipinski definition) is 8.